The smallest absolute Gasteiger partial charge is 0.358 e. The zero-order valence-electron chi connectivity index (χ0n) is 15.5. The largest absolute Gasteiger partial charge is 0.416 e. The van der Waals surface area contributed by atoms with E-state index in [1.165, 1.54) is 18.3 Å². The number of rotatable bonds is 5. The highest BCUT2D eigenvalue weighted by atomic mass is 19.4. The Kier molecular flexibility index (Phi) is 5.09. The fourth-order valence-electron chi connectivity index (χ4n) is 2.79. The number of benzene rings is 2. The maximum absolute atomic E-state index is 13.6. The number of halogens is 4. The lowest BCUT2D eigenvalue weighted by Crippen LogP contribution is -2.06. The van der Waals surface area contributed by atoms with Crippen molar-refractivity contribution in [2.45, 2.75) is 6.18 Å². The van der Waals surface area contributed by atoms with E-state index < -0.39 is 11.7 Å². The monoisotopic (exact) mass is 428 g/mol. The second kappa shape index (κ2) is 7.87. The molecule has 2 heterocycles. The van der Waals surface area contributed by atoms with Crippen LogP contribution in [-0.2, 0) is 6.18 Å². The number of nitrogens with zero attached hydrogens (tertiary/aromatic N) is 2. The van der Waals surface area contributed by atoms with Gasteiger partial charge in [0, 0.05) is 29.4 Å². The van der Waals surface area contributed by atoms with Crippen molar-refractivity contribution in [1.29, 1.82) is 5.26 Å². The number of pyridine rings is 1. The van der Waals surface area contributed by atoms with Crippen LogP contribution in [0, 0.1) is 17.1 Å². The molecule has 0 saturated heterocycles. The molecule has 0 aliphatic carbocycles. The highest BCUT2D eigenvalue weighted by Gasteiger charge is 2.30. The van der Waals surface area contributed by atoms with Gasteiger partial charge in [0.15, 0.2) is 11.5 Å². The normalized spacial score (nSPS) is 11.2. The van der Waals surface area contributed by atoms with Gasteiger partial charge in [-0.1, -0.05) is 0 Å². The molecule has 0 atom stereocenters. The van der Waals surface area contributed by atoms with E-state index in [0.717, 1.165) is 24.3 Å². The Morgan fingerprint density at radius 2 is 1.71 bits per heavy atom. The Hall–Kier alpha value is -4.26. The van der Waals surface area contributed by atoms with Crippen molar-refractivity contribution >= 4 is 22.4 Å². The van der Waals surface area contributed by atoms with Gasteiger partial charge in [-0.25, -0.2) is 9.37 Å². The number of alkyl halides is 3. The second-order valence-electron chi connectivity index (χ2n) is 6.40. The van der Waals surface area contributed by atoms with Crippen molar-refractivity contribution < 1.29 is 27.3 Å². The molecule has 0 radical (unpaired) electrons. The summed E-state index contributed by atoms with van der Waals surface area (Å²) in [5, 5.41) is 12.6. The van der Waals surface area contributed by atoms with Gasteiger partial charge in [-0.3, -0.25) is 9.78 Å². The van der Waals surface area contributed by atoms with Gasteiger partial charge < -0.3 is 10.3 Å². The van der Waals surface area contributed by atoms with Crippen molar-refractivity contribution in [3.63, 3.8) is 0 Å². The lowest BCUT2D eigenvalue weighted by molar-refractivity contribution is -0.137. The molecule has 10 heteroatoms. The lowest BCUT2D eigenvalue weighted by Gasteiger charge is -2.10. The van der Waals surface area contributed by atoms with Crippen LogP contribution in [0.15, 0.2) is 60.8 Å². The van der Waals surface area contributed by atoms with Gasteiger partial charge in [0.05, 0.1) is 11.1 Å². The molecular weight excluding hydrogens is 416 g/mol. The standard InChI is InChI=1S/C21H12F4N4O2/c22-18-11-27-19-8-13(3-6-17(18)19)28-20-9-16(7-14(10-26)29-20)31-30-15-4-1-12(2-5-15)21(23,24)25/h1-9,11,27H,(H,28,29). The summed E-state index contributed by atoms with van der Waals surface area (Å²) in [6.45, 7) is 0. The highest BCUT2D eigenvalue weighted by molar-refractivity contribution is 5.84. The number of H-pyrrole nitrogens is 1. The van der Waals surface area contributed by atoms with Crippen LogP contribution in [0.2, 0.25) is 0 Å². The summed E-state index contributed by atoms with van der Waals surface area (Å²) in [6.07, 6.45) is -3.21. The minimum atomic E-state index is -4.46. The van der Waals surface area contributed by atoms with E-state index in [2.05, 4.69) is 15.3 Å². The first-order valence-electron chi connectivity index (χ1n) is 8.79. The molecule has 0 amide bonds. The Morgan fingerprint density at radius 3 is 2.42 bits per heavy atom. The van der Waals surface area contributed by atoms with E-state index >= 15 is 0 Å². The van der Waals surface area contributed by atoms with Gasteiger partial charge in [-0.15, -0.1) is 0 Å². The molecule has 6 nitrogen and oxygen atoms in total. The molecule has 2 N–H and O–H groups in total. The molecule has 2 aromatic carbocycles. The third-order valence-electron chi connectivity index (χ3n) is 4.23. The van der Waals surface area contributed by atoms with Crippen molar-refractivity contribution in [3.05, 3.63) is 77.9 Å². The highest BCUT2D eigenvalue weighted by Crippen LogP contribution is 2.30. The van der Waals surface area contributed by atoms with E-state index in [9.17, 15) is 22.8 Å². The molecule has 156 valence electrons. The molecule has 0 fully saturated rings. The molecule has 0 spiro atoms. The zero-order valence-corrected chi connectivity index (χ0v) is 15.5. The number of nitrogens with one attached hydrogen (secondary N) is 2. The van der Waals surface area contributed by atoms with Crippen LogP contribution in [-0.4, -0.2) is 9.97 Å². The number of nitriles is 1. The van der Waals surface area contributed by atoms with Gasteiger partial charge in [0.2, 0.25) is 0 Å². The van der Waals surface area contributed by atoms with Gasteiger partial charge in [0.25, 0.3) is 0 Å². The maximum Gasteiger partial charge on any atom is 0.416 e. The SMILES string of the molecule is N#Cc1cc(OOc2ccc(C(F)(F)F)cc2)cc(Nc2ccc3c(F)c[nH]c3c2)n1. The summed E-state index contributed by atoms with van der Waals surface area (Å²) in [4.78, 5) is 17.1. The summed E-state index contributed by atoms with van der Waals surface area (Å²) in [5.74, 6) is 0.0108. The molecule has 2 aromatic heterocycles. The summed E-state index contributed by atoms with van der Waals surface area (Å²) in [7, 11) is 0. The minimum absolute atomic E-state index is 0.0167. The van der Waals surface area contributed by atoms with Gasteiger partial charge >= 0.3 is 6.18 Å². The number of aromatic amines is 1. The molecular formula is C21H12F4N4O2. The topological polar surface area (TPSA) is 83.0 Å². The van der Waals surface area contributed by atoms with Crippen molar-refractivity contribution in [1.82, 2.24) is 9.97 Å². The van der Waals surface area contributed by atoms with Crippen LogP contribution in [0.1, 0.15) is 11.3 Å². The third-order valence-corrected chi connectivity index (χ3v) is 4.23. The summed E-state index contributed by atoms with van der Waals surface area (Å²) >= 11 is 0. The number of fused-ring (bicyclic) bond motifs is 1. The molecule has 0 aliphatic rings. The third kappa shape index (κ3) is 4.51. The van der Waals surface area contributed by atoms with Crippen LogP contribution in [0.4, 0.5) is 29.1 Å². The van der Waals surface area contributed by atoms with Crippen LogP contribution < -0.4 is 15.1 Å². The fourth-order valence-corrected chi connectivity index (χ4v) is 2.79. The molecule has 0 unspecified atom stereocenters. The minimum Gasteiger partial charge on any atom is -0.358 e. The number of hydrogen-bond donors (Lipinski definition) is 2. The Morgan fingerprint density at radius 1 is 0.968 bits per heavy atom. The first-order valence-corrected chi connectivity index (χ1v) is 8.79. The quantitative estimate of drug-likeness (QED) is 0.242. The number of aromatic nitrogens is 2. The zero-order chi connectivity index (χ0) is 22.0. The van der Waals surface area contributed by atoms with E-state index in [0.29, 0.717) is 16.6 Å². The second-order valence-corrected chi connectivity index (χ2v) is 6.40. The summed E-state index contributed by atoms with van der Waals surface area (Å²) < 4.78 is 51.5. The summed E-state index contributed by atoms with van der Waals surface area (Å²) in [6, 6.07) is 13.4. The predicted molar refractivity (Wildman–Crippen MR) is 103 cm³/mol. The van der Waals surface area contributed by atoms with Crippen LogP contribution in [0.3, 0.4) is 0 Å². The number of hydrogen-bond acceptors (Lipinski definition) is 5. The molecule has 0 saturated carbocycles. The Bertz CT molecular complexity index is 1280. The average molecular weight is 428 g/mol. The van der Waals surface area contributed by atoms with Crippen LogP contribution in [0.5, 0.6) is 11.5 Å². The van der Waals surface area contributed by atoms with Gasteiger partial charge in [-0.2, -0.15) is 18.4 Å². The van der Waals surface area contributed by atoms with Crippen molar-refractivity contribution in [2.75, 3.05) is 5.32 Å². The van der Waals surface area contributed by atoms with Crippen LogP contribution >= 0.6 is 0 Å². The average Bonchev–Trinajstić information content (AvgIpc) is 3.12. The first kappa shape index (κ1) is 20.0. The van der Waals surface area contributed by atoms with Crippen LogP contribution in [0.25, 0.3) is 10.9 Å². The first-order chi connectivity index (χ1) is 14.8. The van der Waals surface area contributed by atoms with E-state index in [4.69, 9.17) is 9.78 Å². The van der Waals surface area contributed by atoms with E-state index in [1.807, 2.05) is 6.07 Å². The van der Waals surface area contributed by atoms with Gasteiger partial charge in [0.1, 0.15) is 23.4 Å². The number of anilines is 2. The van der Waals surface area contributed by atoms with Crippen molar-refractivity contribution in [2.24, 2.45) is 0 Å². The van der Waals surface area contributed by atoms with Gasteiger partial charge in [-0.05, 0) is 42.5 Å². The molecule has 31 heavy (non-hydrogen) atoms. The Balaban J connectivity index is 1.51. The molecule has 0 bridgehead atoms. The van der Waals surface area contributed by atoms with Crippen molar-refractivity contribution in [3.8, 4) is 17.6 Å². The predicted octanol–water partition coefficient (Wildman–Crippen LogP) is 5.71. The fraction of sp³-hybridized carbons (Fsp3) is 0.0476. The molecule has 0 aliphatic heterocycles. The van der Waals surface area contributed by atoms with E-state index in [1.54, 1.807) is 18.2 Å². The van der Waals surface area contributed by atoms with E-state index in [-0.39, 0.29) is 28.8 Å². The molecule has 4 aromatic rings. The summed E-state index contributed by atoms with van der Waals surface area (Å²) in [5.41, 5.74) is 0.344. The lowest BCUT2D eigenvalue weighted by atomic mass is 10.2. The Labute approximate surface area is 172 Å². The molecule has 4 rings (SSSR count). The maximum atomic E-state index is 13.6.